The van der Waals surface area contributed by atoms with E-state index in [-0.39, 0.29) is 29.1 Å². The van der Waals surface area contributed by atoms with Gasteiger partial charge in [0.25, 0.3) is 0 Å². The summed E-state index contributed by atoms with van der Waals surface area (Å²) in [6.45, 7) is 0. The molecule has 1 aliphatic carbocycles. The van der Waals surface area contributed by atoms with Gasteiger partial charge in [-0.05, 0) is 47.9 Å². The van der Waals surface area contributed by atoms with E-state index in [1.54, 1.807) is 30.3 Å². The van der Waals surface area contributed by atoms with Crippen LogP contribution in [0.15, 0.2) is 66.9 Å². The molecule has 10 heteroatoms. The van der Waals surface area contributed by atoms with Crippen molar-refractivity contribution >= 4 is 17.5 Å². The molecule has 1 fully saturated rings. The maximum Gasteiger partial charge on any atom is 0.416 e. The predicted molar refractivity (Wildman–Crippen MR) is 122 cm³/mol. The molecule has 2 atom stereocenters. The van der Waals surface area contributed by atoms with Crippen LogP contribution < -0.4 is 5.32 Å². The Labute approximate surface area is 208 Å². The molecule has 1 saturated carbocycles. The van der Waals surface area contributed by atoms with Gasteiger partial charge in [-0.1, -0.05) is 41.9 Å². The van der Waals surface area contributed by atoms with Gasteiger partial charge in [-0.2, -0.15) is 13.2 Å². The molecule has 0 bridgehead atoms. The van der Waals surface area contributed by atoms with Crippen LogP contribution in [-0.4, -0.2) is 16.8 Å². The fourth-order valence-electron chi connectivity index (χ4n) is 4.54. The first-order valence-corrected chi connectivity index (χ1v) is 11.5. The fourth-order valence-corrected chi connectivity index (χ4v) is 4.65. The van der Waals surface area contributed by atoms with Gasteiger partial charge in [0.05, 0.1) is 16.3 Å². The van der Waals surface area contributed by atoms with Gasteiger partial charge >= 0.3 is 6.18 Å². The highest BCUT2D eigenvalue weighted by Crippen LogP contribution is 2.41. The lowest BCUT2D eigenvalue weighted by Gasteiger charge is -2.36. The predicted octanol–water partition coefficient (Wildman–Crippen LogP) is 6.93. The SMILES string of the molecule is O=C(N[C@@](Cc1ccccc1)(c1cc(F)cc(C(F)(F)F)c1)c1ccc(Cl)cn1)C1CCC(F)(F)C1. The molecule has 0 aliphatic heterocycles. The van der Waals surface area contributed by atoms with Gasteiger partial charge in [0, 0.05) is 31.4 Å². The van der Waals surface area contributed by atoms with Crippen molar-refractivity contribution in [3.63, 3.8) is 0 Å². The third-order valence-electron chi connectivity index (χ3n) is 6.31. The van der Waals surface area contributed by atoms with Crippen LogP contribution in [-0.2, 0) is 22.9 Å². The minimum Gasteiger partial charge on any atom is -0.340 e. The molecule has 4 rings (SSSR count). The van der Waals surface area contributed by atoms with Gasteiger partial charge < -0.3 is 5.32 Å². The average Bonchev–Trinajstić information content (AvgIpc) is 3.18. The summed E-state index contributed by atoms with van der Waals surface area (Å²) in [6, 6.07) is 13.3. The van der Waals surface area contributed by atoms with Crippen LogP contribution in [0.3, 0.4) is 0 Å². The number of carbonyl (C=O) groups excluding carboxylic acids is 1. The first kappa shape index (κ1) is 26.0. The van der Waals surface area contributed by atoms with Gasteiger partial charge in [0.1, 0.15) is 11.4 Å². The molecule has 36 heavy (non-hydrogen) atoms. The average molecular weight is 527 g/mol. The van der Waals surface area contributed by atoms with Crippen molar-refractivity contribution in [3.05, 3.63) is 100 Å². The van der Waals surface area contributed by atoms with E-state index in [4.69, 9.17) is 11.6 Å². The Morgan fingerprint density at radius 1 is 1.06 bits per heavy atom. The number of hydrogen-bond donors (Lipinski definition) is 1. The number of aromatic nitrogens is 1. The van der Waals surface area contributed by atoms with E-state index >= 15 is 0 Å². The van der Waals surface area contributed by atoms with E-state index in [1.165, 1.54) is 18.3 Å². The molecule has 1 aromatic heterocycles. The van der Waals surface area contributed by atoms with Crippen LogP contribution in [0.25, 0.3) is 0 Å². The van der Waals surface area contributed by atoms with Crippen molar-refractivity contribution < 1.29 is 31.1 Å². The van der Waals surface area contributed by atoms with Gasteiger partial charge in [-0.25, -0.2) is 13.2 Å². The van der Waals surface area contributed by atoms with E-state index in [9.17, 15) is 31.1 Å². The third kappa shape index (κ3) is 5.67. The molecule has 1 amide bonds. The maximum absolute atomic E-state index is 14.6. The lowest BCUT2D eigenvalue weighted by molar-refractivity contribution is -0.137. The minimum absolute atomic E-state index is 0.0765. The lowest BCUT2D eigenvalue weighted by Crippen LogP contribution is -2.51. The summed E-state index contributed by atoms with van der Waals surface area (Å²) >= 11 is 5.98. The number of amides is 1. The van der Waals surface area contributed by atoms with Gasteiger partial charge in [-0.3, -0.25) is 9.78 Å². The zero-order chi connectivity index (χ0) is 26.1. The highest BCUT2D eigenvalue weighted by molar-refractivity contribution is 6.30. The standard InChI is InChI=1S/C26H21ClF6N2O/c27-20-6-7-22(34-15-20)25(13-16-4-2-1-3-5-16,35-23(36)17-8-9-24(29,30)14-17)18-10-19(26(31,32)33)12-21(28)11-18/h1-7,10-12,15,17H,8-9,13-14H2,(H,35,36)/t17?,25-/m0/s1. The number of hydrogen-bond acceptors (Lipinski definition) is 2. The molecule has 3 nitrogen and oxygen atoms in total. The summed E-state index contributed by atoms with van der Waals surface area (Å²) in [5.74, 6) is -6.05. The monoisotopic (exact) mass is 526 g/mol. The van der Waals surface area contributed by atoms with Crippen LogP contribution in [0, 0.1) is 11.7 Å². The number of pyridine rings is 1. The first-order chi connectivity index (χ1) is 16.9. The quantitative estimate of drug-likeness (QED) is 0.354. The van der Waals surface area contributed by atoms with E-state index in [0.717, 1.165) is 12.1 Å². The van der Waals surface area contributed by atoms with Crippen LogP contribution in [0.5, 0.6) is 0 Å². The number of alkyl halides is 5. The molecule has 1 heterocycles. The number of benzene rings is 2. The number of rotatable bonds is 6. The van der Waals surface area contributed by atoms with Crippen molar-refractivity contribution in [2.45, 2.75) is 43.3 Å². The third-order valence-corrected chi connectivity index (χ3v) is 6.53. The summed E-state index contributed by atoms with van der Waals surface area (Å²) in [7, 11) is 0. The molecule has 1 N–H and O–H groups in total. The topological polar surface area (TPSA) is 42.0 Å². The molecular formula is C26H21ClF6N2O. The smallest absolute Gasteiger partial charge is 0.340 e. The zero-order valence-electron chi connectivity index (χ0n) is 18.8. The molecule has 0 radical (unpaired) electrons. The Hall–Kier alpha value is -3.07. The summed E-state index contributed by atoms with van der Waals surface area (Å²) in [6.07, 6.45) is -5.01. The normalized spacial score (nSPS) is 19.0. The number of nitrogens with one attached hydrogen (secondary N) is 1. The molecular weight excluding hydrogens is 506 g/mol. The molecule has 1 aliphatic rings. The fraction of sp³-hybridized carbons (Fsp3) is 0.308. The second-order valence-electron chi connectivity index (χ2n) is 8.94. The van der Waals surface area contributed by atoms with Crippen molar-refractivity contribution in [3.8, 4) is 0 Å². The highest BCUT2D eigenvalue weighted by atomic mass is 35.5. The zero-order valence-corrected chi connectivity index (χ0v) is 19.5. The first-order valence-electron chi connectivity index (χ1n) is 11.1. The molecule has 1 unspecified atom stereocenters. The van der Waals surface area contributed by atoms with Gasteiger partial charge in [-0.15, -0.1) is 0 Å². The summed E-state index contributed by atoms with van der Waals surface area (Å²) < 4.78 is 83.3. The minimum atomic E-state index is -4.87. The molecule has 2 aromatic carbocycles. The molecule has 190 valence electrons. The van der Waals surface area contributed by atoms with Gasteiger partial charge in [0.15, 0.2) is 0 Å². The van der Waals surface area contributed by atoms with Crippen molar-refractivity contribution in [1.82, 2.24) is 10.3 Å². The molecule has 3 aromatic rings. The van der Waals surface area contributed by atoms with Crippen molar-refractivity contribution in [1.29, 1.82) is 0 Å². The summed E-state index contributed by atoms with van der Waals surface area (Å²) in [5.41, 5.74) is -2.64. The second kappa shape index (κ2) is 9.76. The van der Waals surface area contributed by atoms with E-state index in [0.29, 0.717) is 11.6 Å². The maximum atomic E-state index is 14.6. The number of halogens is 7. The largest absolute Gasteiger partial charge is 0.416 e. The van der Waals surface area contributed by atoms with Crippen LogP contribution in [0.1, 0.15) is 41.6 Å². The van der Waals surface area contributed by atoms with Crippen LogP contribution >= 0.6 is 11.6 Å². The van der Waals surface area contributed by atoms with Crippen LogP contribution in [0.2, 0.25) is 5.02 Å². The van der Waals surface area contributed by atoms with E-state index in [1.807, 2.05) is 0 Å². The Morgan fingerprint density at radius 2 is 1.75 bits per heavy atom. The van der Waals surface area contributed by atoms with E-state index < -0.39 is 53.7 Å². The van der Waals surface area contributed by atoms with Crippen molar-refractivity contribution in [2.24, 2.45) is 5.92 Å². The summed E-state index contributed by atoms with van der Waals surface area (Å²) in [5, 5.41) is 2.93. The Bertz CT molecular complexity index is 1230. The van der Waals surface area contributed by atoms with Gasteiger partial charge in [0.2, 0.25) is 11.8 Å². The molecule has 0 spiro atoms. The van der Waals surface area contributed by atoms with E-state index in [2.05, 4.69) is 10.3 Å². The molecule has 0 saturated heterocycles. The highest BCUT2D eigenvalue weighted by Gasteiger charge is 2.46. The Kier molecular flexibility index (Phi) is 7.05. The van der Waals surface area contributed by atoms with Crippen LogP contribution in [0.4, 0.5) is 26.3 Å². The Balaban J connectivity index is 1.92. The lowest BCUT2D eigenvalue weighted by atomic mass is 9.79. The second-order valence-corrected chi connectivity index (χ2v) is 9.38. The Morgan fingerprint density at radius 3 is 2.33 bits per heavy atom. The number of carbonyl (C=O) groups is 1. The number of nitrogens with zero attached hydrogens (tertiary/aromatic N) is 1. The summed E-state index contributed by atoms with van der Waals surface area (Å²) in [4.78, 5) is 17.6. The van der Waals surface area contributed by atoms with Crippen molar-refractivity contribution in [2.75, 3.05) is 0 Å².